The predicted octanol–water partition coefficient (Wildman–Crippen LogP) is 5.47. The summed E-state index contributed by atoms with van der Waals surface area (Å²) < 4.78 is 48.2. The van der Waals surface area contributed by atoms with Gasteiger partial charge in [0, 0.05) is 28.5 Å². The summed E-state index contributed by atoms with van der Waals surface area (Å²) in [5, 5.41) is 3.06. The zero-order valence-corrected chi connectivity index (χ0v) is 19.5. The normalized spacial score (nSPS) is 11.5. The Kier molecular flexibility index (Phi) is 5.79. The van der Waals surface area contributed by atoms with Gasteiger partial charge in [-0.25, -0.2) is 12.8 Å². The SMILES string of the molecule is CNC(=O)c1c(-c2ccc(F)cc2)oc2cc(NS(=O)(=O)c3ccccc3C)c(Br)cc12. The van der Waals surface area contributed by atoms with Crippen LogP contribution in [-0.2, 0) is 10.0 Å². The van der Waals surface area contributed by atoms with Gasteiger partial charge in [0.25, 0.3) is 15.9 Å². The number of carbonyl (C=O) groups excluding carboxylic acids is 1. The monoisotopic (exact) mass is 516 g/mol. The molecule has 1 amide bonds. The molecule has 0 aliphatic rings. The minimum absolute atomic E-state index is 0.157. The van der Waals surface area contributed by atoms with Gasteiger partial charge < -0.3 is 9.73 Å². The molecular formula is C23H18BrFN2O4S. The highest BCUT2D eigenvalue weighted by molar-refractivity contribution is 9.10. The quantitative estimate of drug-likeness (QED) is 0.368. The van der Waals surface area contributed by atoms with E-state index >= 15 is 0 Å². The third-order valence-corrected chi connectivity index (χ3v) is 7.15. The van der Waals surface area contributed by atoms with Crippen LogP contribution in [0.1, 0.15) is 15.9 Å². The van der Waals surface area contributed by atoms with Crippen LogP contribution in [0.15, 0.2) is 74.4 Å². The van der Waals surface area contributed by atoms with Gasteiger partial charge in [-0.1, -0.05) is 18.2 Å². The molecule has 6 nitrogen and oxygen atoms in total. The van der Waals surface area contributed by atoms with E-state index < -0.39 is 15.8 Å². The number of carbonyl (C=O) groups is 1. The molecule has 4 aromatic rings. The zero-order valence-electron chi connectivity index (χ0n) is 17.1. The Morgan fingerprint density at radius 3 is 2.41 bits per heavy atom. The molecular weight excluding hydrogens is 499 g/mol. The molecule has 32 heavy (non-hydrogen) atoms. The summed E-state index contributed by atoms with van der Waals surface area (Å²) in [6, 6.07) is 15.3. The third-order valence-electron chi connectivity index (χ3n) is 4.97. The first-order valence-corrected chi connectivity index (χ1v) is 11.8. The Morgan fingerprint density at radius 1 is 1.06 bits per heavy atom. The third kappa shape index (κ3) is 4.01. The number of rotatable bonds is 5. The Bertz CT molecular complexity index is 1450. The highest BCUT2D eigenvalue weighted by atomic mass is 79.9. The number of fused-ring (bicyclic) bond motifs is 1. The van der Waals surface area contributed by atoms with Crippen LogP contribution in [0.4, 0.5) is 10.1 Å². The minimum atomic E-state index is -3.86. The maximum absolute atomic E-state index is 13.4. The molecule has 0 spiro atoms. The van der Waals surface area contributed by atoms with Crippen molar-refractivity contribution in [3.8, 4) is 11.3 Å². The van der Waals surface area contributed by atoms with Crippen molar-refractivity contribution in [3.63, 3.8) is 0 Å². The molecule has 3 aromatic carbocycles. The van der Waals surface area contributed by atoms with Crippen LogP contribution in [0.2, 0.25) is 0 Å². The lowest BCUT2D eigenvalue weighted by Crippen LogP contribution is -2.18. The Morgan fingerprint density at radius 2 is 1.75 bits per heavy atom. The number of furan rings is 1. The summed E-state index contributed by atoms with van der Waals surface area (Å²) in [6.07, 6.45) is 0. The van der Waals surface area contributed by atoms with E-state index in [4.69, 9.17) is 4.42 Å². The number of anilines is 1. The van der Waals surface area contributed by atoms with Gasteiger partial charge in [-0.2, -0.15) is 0 Å². The Balaban J connectivity index is 1.86. The molecule has 164 valence electrons. The van der Waals surface area contributed by atoms with E-state index in [9.17, 15) is 17.6 Å². The number of benzene rings is 3. The predicted molar refractivity (Wildman–Crippen MR) is 125 cm³/mol. The van der Waals surface area contributed by atoms with E-state index in [0.717, 1.165) is 0 Å². The summed E-state index contributed by atoms with van der Waals surface area (Å²) >= 11 is 3.39. The Labute approximate surface area is 192 Å². The fourth-order valence-corrected chi connectivity index (χ4v) is 5.30. The summed E-state index contributed by atoms with van der Waals surface area (Å²) in [5.74, 6) is -0.546. The van der Waals surface area contributed by atoms with E-state index in [-0.39, 0.29) is 27.8 Å². The van der Waals surface area contributed by atoms with E-state index in [0.29, 0.717) is 26.6 Å². The van der Waals surface area contributed by atoms with Crippen molar-refractivity contribution in [2.75, 3.05) is 11.8 Å². The van der Waals surface area contributed by atoms with Crippen molar-refractivity contribution in [2.45, 2.75) is 11.8 Å². The minimum Gasteiger partial charge on any atom is -0.455 e. The number of nitrogens with one attached hydrogen (secondary N) is 2. The average Bonchev–Trinajstić information content (AvgIpc) is 3.12. The van der Waals surface area contributed by atoms with Crippen molar-refractivity contribution < 1.29 is 22.0 Å². The fourth-order valence-electron chi connectivity index (χ4n) is 3.41. The van der Waals surface area contributed by atoms with Gasteiger partial charge in [0.05, 0.1) is 16.1 Å². The summed E-state index contributed by atoms with van der Waals surface area (Å²) in [5.41, 5.74) is 1.94. The Hall–Kier alpha value is -3.17. The highest BCUT2D eigenvalue weighted by Gasteiger charge is 2.24. The van der Waals surface area contributed by atoms with Crippen molar-refractivity contribution >= 4 is 48.5 Å². The van der Waals surface area contributed by atoms with Gasteiger partial charge in [-0.15, -0.1) is 0 Å². The number of halogens is 2. The molecule has 0 aliphatic heterocycles. The molecule has 0 aliphatic carbocycles. The topological polar surface area (TPSA) is 88.4 Å². The largest absolute Gasteiger partial charge is 0.455 e. The lowest BCUT2D eigenvalue weighted by molar-refractivity contribution is 0.0964. The first kappa shape index (κ1) is 22.0. The number of hydrogen-bond donors (Lipinski definition) is 2. The first-order valence-electron chi connectivity index (χ1n) is 9.54. The van der Waals surface area contributed by atoms with Crippen molar-refractivity contribution in [2.24, 2.45) is 0 Å². The van der Waals surface area contributed by atoms with Gasteiger partial charge >= 0.3 is 0 Å². The van der Waals surface area contributed by atoms with Crippen molar-refractivity contribution in [1.29, 1.82) is 0 Å². The van der Waals surface area contributed by atoms with E-state index in [2.05, 4.69) is 26.0 Å². The van der Waals surface area contributed by atoms with Crippen LogP contribution < -0.4 is 10.0 Å². The smallest absolute Gasteiger partial charge is 0.262 e. The average molecular weight is 517 g/mol. The highest BCUT2D eigenvalue weighted by Crippen LogP contribution is 2.38. The van der Waals surface area contributed by atoms with Gasteiger partial charge in [-0.3, -0.25) is 9.52 Å². The second-order valence-corrected chi connectivity index (χ2v) is 9.60. The van der Waals surface area contributed by atoms with Crippen LogP contribution >= 0.6 is 15.9 Å². The molecule has 4 rings (SSSR count). The summed E-state index contributed by atoms with van der Waals surface area (Å²) in [4.78, 5) is 12.8. The number of sulfonamides is 1. The van der Waals surface area contributed by atoms with Gasteiger partial charge in [0.15, 0.2) is 0 Å². The van der Waals surface area contributed by atoms with E-state index in [1.807, 2.05) is 0 Å². The molecule has 1 aromatic heterocycles. The van der Waals surface area contributed by atoms with Crippen LogP contribution in [-0.4, -0.2) is 21.4 Å². The second-order valence-electron chi connectivity index (χ2n) is 7.09. The van der Waals surface area contributed by atoms with Crippen LogP contribution in [0.25, 0.3) is 22.3 Å². The van der Waals surface area contributed by atoms with Crippen LogP contribution in [0.5, 0.6) is 0 Å². The molecule has 0 atom stereocenters. The van der Waals surface area contributed by atoms with Gasteiger partial charge in [0.2, 0.25) is 0 Å². The molecule has 9 heteroatoms. The standard InChI is InChI=1S/C23H18BrFN2O4S/c1-13-5-3-4-6-20(13)32(29,30)27-18-12-19-16(11-17(18)24)21(23(28)26-2)22(31-19)14-7-9-15(25)10-8-14/h3-12,27H,1-2H3,(H,26,28). The maximum Gasteiger partial charge on any atom is 0.262 e. The molecule has 0 saturated carbocycles. The summed E-state index contributed by atoms with van der Waals surface area (Å²) in [6.45, 7) is 1.71. The second kappa shape index (κ2) is 8.40. The van der Waals surface area contributed by atoms with E-state index in [1.54, 1.807) is 31.2 Å². The number of hydrogen-bond acceptors (Lipinski definition) is 4. The zero-order chi connectivity index (χ0) is 23.0. The lowest BCUT2D eigenvalue weighted by Gasteiger charge is -2.11. The molecule has 0 saturated heterocycles. The molecule has 0 radical (unpaired) electrons. The molecule has 0 fully saturated rings. The van der Waals surface area contributed by atoms with Gasteiger partial charge in [-0.05, 0) is 64.8 Å². The number of aryl methyl sites for hydroxylation is 1. The molecule has 2 N–H and O–H groups in total. The van der Waals surface area contributed by atoms with Crippen LogP contribution in [0, 0.1) is 12.7 Å². The van der Waals surface area contributed by atoms with Crippen molar-refractivity contribution in [3.05, 3.63) is 82.1 Å². The van der Waals surface area contributed by atoms with Crippen molar-refractivity contribution in [1.82, 2.24) is 5.32 Å². The maximum atomic E-state index is 13.4. The summed E-state index contributed by atoms with van der Waals surface area (Å²) in [7, 11) is -2.36. The molecule has 1 heterocycles. The van der Waals surface area contributed by atoms with E-state index in [1.165, 1.54) is 43.4 Å². The molecule has 0 unspecified atom stereocenters. The van der Waals surface area contributed by atoms with Crippen LogP contribution in [0.3, 0.4) is 0 Å². The first-order chi connectivity index (χ1) is 15.2. The molecule has 0 bridgehead atoms. The van der Waals surface area contributed by atoms with Gasteiger partial charge in [0.1, 0.15) is 17.2 Å². The lowest BCUT2D eigenvalue weighted by atomic mass is 10.0. The fraction of sp³-hybridized carbons (Fsp3) is 0.0870. The number of amides is 1.